The maximum atomic E-state index is 12.9. The van der Waals surface area contributed by atoms with E-state index in [-0.39, 0.29) is 5.75 Å². The Hall–Kier alpha value is -3.77. The van der Waals surface area contributed by atoms with Crippen LogP contribution in [0.2, 0.25) is 0 Å². The van der Waals surface area contributed by atoms with E-state index in [0.29, 0.717) is 46.9 Å². The molecule has 0 atom stereocenters. The van der Waals surface area contributed by atoms with Gasteiger partial charge in [0.05, 0.1) is 25.3 Å². The van der Waals surface area contributed by atoms with Crippen LogP contribution in [0.1, 0.15) is 11.1 Å². The van der Waals surface area contributed by atoms with Crippen LogP contribution < -0.4 is 15.1 Å². The third-order valence-corrected chi connectivity index (χ3v) is 5.40. The standard InChI is InChI=1S/C26H25NO5/c1-27(15-17-7-5-4-6-8-17)16-21-22(28)11-9-19-13-20(26(29)32-25(19)21)18-10-12-23(30-2)24(14-18)31-3/h4-14,28H,15-16H2,1-3H3. The summed E-state index contributed by atoms with van der Waals surface area (Å²) >= 11 is 0. The summed E-state index contributed by atoms with van der Waals surface area (Å²) in [5, 5.41) is 11.2. The normalized spacial score (nSPS) is 11.1. The number of nitrogens with zero attached hydrogens (tertiary/aromatic N) is 1. The first-order chi connectivity index (χ1) is 15.5. The lowest BCUT2D eigenvalue weighted by Crippen LogP contribution is -2.17. The lowest BCUT2D eigenvalue weighted by Gasteiger charge is -2.18. The van der Waals surface area contributed by atoms with E-state index in [9.17, 15) is 9.90 Å². The maximum absolute atomic E-state index is 12.9. The molecule has 0 spiro atoms. The van der Waals surface area contributed by atoms with Gasteiger partial charge in [0.1, 0.15) is 11.3 Å². The molecule has 0 unspecified atom stereocenters. The van der Waals surface area contributed by atoms with Crippen LogP contribution >= 0.6 is 0 Å². The summed E-state index contributed by atoms with van der Waals surface area (Å²) in [7, 11) is 5.07. The summed E-state index contributed by atoms with van der Waals surface area (Å²) in [6.45, 7) is 1.13. The predicted octanol–water partition coefficient (Wildman–Crippen LogP) is 4.81. The van der Waals surface area contributed by atoms with Crippen molar-refractivity contribution in [2.24, 2.45) is 0 Å². The zero-order valence-electron chi connectivity index (χ0n) is 18.3. The van der Waals surface area contributed by atoms with E-state index < -0.39 is 5.63 Å². The average molecular weight is 431 g/mol. The molecule has 0 aliphatic rings. The molecule has 0 aliphatic heterocycles. The van der Waals surface area contributed by atoms with Crippen LogP contribution in [0.5, 0.6) is 17.2 Å². The molecule has 6 heteroatoms. The Morgan fingerprint density at radius 3 is 2.38 bits per heavy atom. The SMILES string of the molecule is COc1ccc(-c2cc3ccc(O)c(CN(C)Cc4ccccc4)c3oc2=O)cc1OC. The molecule has 0 amide bonds. The summed E-state index contributed by atoms with van der Waals surface area (Å²) in [4.78, 5) is 15.0. The van der Waals surface area contributed by atoms with Crippen molar-refractivity contribution in [1.82, 2.24) is 4.90 Å². The van der Waals surface area contributed by atoms with Crippen LogP contribution in [0, 0.1) is 0 Å². The first kappa shape index (κ1) is 21.5. The number of aromatic hydroxyl groups is 1. The van der Waals surface area contributed by atoms with E-state index in [1.54, 1.807) is 50.6 Å². The summed E-state index contributed by atoms with van der Waals surface area (Å²) < 4.78 is 16.4. The molecule has 0 saturated carbocycles. The third-order valence-electron chi connectivity index (χ3n) is 5.40. The van der Waals surface area contributed by atoms with Gasteiger partial charge in [-0.3, -0.25) is 4.90 Å². The predicted molar refractivity (Wildman–Crippen MR) is 124 cm³/mol. The number of rotatable bonds is 7. The Morgan fingerprint density at radius 2 is 1.66 bits per heavy atom. The molecule has 0 aliphatic carbocycles. The fraction of sp³-hybridized carbons (Fsp3) is 0.192. The highest BCUT2D eigenvalue weighted by Crippen LogP contribution is 2.34. The largest absolute Gasteiger partial charge is 0.507 e. The smallest absolute Gasteiger partial charge is 0.344 e. The van der Waals surface area contributed by atoms with Crippen LogP contribution in [-0.2, 0) is 13.1 Å². The molecule has 4 aromatic rings. The van der Waals surface area contributed by atoms with Gasteiger partial charge in [-0.1, -0.05) is 36.4 Å². The molecule has 1 N–H and O–H groups in total. The van der Waals surface area contributed by atoms with Crippen LogP contribution in [0.3, 0.4) is 0 Å². The monoisotopic (exact) mass is 431 g/mol. The van der Waals surface area contributed by atoms with Gasteiger partial charge in [-0.15, -0.1) is 0 Å². The van der Waals surface area contributed by atoms with Crippen molar-refractivity contribution in [3.8, 4) is 28.4 Å². The van der Waals surface area contributed by atoms with Gasteiger partial charge < -0.3 is 19.0 Å². The van der Waals surface area contributed by atoms with Crippen LogP contribution in [-0.4, -0.2) is 31.3 Å². The van der Waals surface area contributed by atoms with E-state index in [2.05, 4.69) is 17.0 Å². The highest BCUT2D eigenvalue weighted by molar-refractivity contribution is 5.86. The van der Waals surface area contributed by atoms with Crippen molar-refractivity contribution < 1.29 is 19.0 Å². The number of hydrogen-bond acceptors (Lipinski definition) is 6. The van der Waals surface area contributed by atoms with Crippen LogP contribution in [0.25, 0.3) is 22.1 Å². The fourth-order valence-electron chi connectivity index (χ4n) is 3.81. The van der Waals surface area contributed by atoms with E-state index >= 15 is 0 Å². The molecule has 4 rings (SSSR count). The second-order valence-electron chi connectivity index (χ2n) is 7.66. The van der Waals surface area contributed by atoms with E-state index in [1.165, 1.54) is 0 Å². The molecule has 6 nitrogen and oxygen atoms in total. The topological polar surface area (TPSA) is 72.1 Å². The van der Waals surface area contributed by atoms with Crippen molar-refractivity contribution in [1.29, 1.82) is 0 Å². The molecule has 0 bridgehead atoms. The van der Waals surface area contributed by atoms with Gasteiger partial charge in [0.25, 0.3) is 0 Å². The van der Waals surface area contributed by atoms with Crippen molar-refractivity contribution in [3.05, 3.63) is 88.3 Å². The van der Waals surface area contributed by atoms with E-state index in [0.717, 1.165) is 10.9 Å². The van der Waals surface area contributed by atoms with E-state index in [4.69, 9.17) is 13.9 Å². The van der Waals surface area contributed by atoms with Crippen molar-refractivity contribution in [3.63, 3.8) is 0 Å². The van der Waals surface area contributed by atoms with Crippen molar-refractivity contribution in [2.75, 3.05) is 21.3 Å². The molecule has 0 fully saturated rings. The fourth-order valence-corrected chi connectivity index (χ4v) is 3.81. The lowest BCUT2D eigenvalue weighted by atomic mass is 10.0. The van der Waals surface area contributed by atoms with Gasteiger partial charge in [0, 0.05) is 18.5 Å². The number of hydrogen-bond donors (Lipinski definition) is 1. The van der Waals surface area contributed by atoms with Crippen molar-refractivity contribution in [2.45, 2.75) is 13.1 Å². The first-order valence-electron chi connectivity index (χ1n) is 10.2. The summed E-state index contributed by atoms with van der Waals surface area (Å²) in [6.07, 6.45) is 0. The summed E-state index contributed by atoms with van der Waals surface area (Å²) in [5.74, 6) is 1.20. The summed E-state index contributed by atoms with van der Waals surface area (Å²) in [6, 6.07) is 20.5. The minimum Gasteiger partial charge on any atom is -0.507 e. The molecule has 3 aromatic carbocycles. The average Bonchev–Trinajstić information content (AvgIpc) is 2.81. The van der Waals surface area contributed by atoms with Gasteiger partial charge in [-0.2, -0.15) is 0 Å². The number of benzene rings is 3. The Balaban J connectivity index is 1.72. The Kier molecular flexibility index (Phi) is 6.14. The second kappa shape index (κ2) is 9.16. The highest BCUT2D eigenvalue weighted by Gasteiger charge is 2.16. The zero-order chi connectivity index (χ0) is 22.7. The number of methoxy groups -OCH3 is 2. The van der Waals surface area contributed by atoms with Crippen LogP contribution in [0.4, 0.5) is 0 Å². The van der Waals surface area contributed by atoms with Gasteiger partial charge in [-0.25, -0.2) is 4.79 Å². The number of phenolic OH excluding ortho intramolecular Hbond substituents is 1. The number of fused-ring (bicyclic) bond motifs is 1. The Morgan fingerprint density at radius 1 is 0.906 bits per heavy atom. The minimum atomic E-state index is -0.484. The van der Waals surface area contributed by atoms with Gasteiger partial charge in [0.2, 0.25) is 0 Å². The van der Waals surface area contributed by atoms with Crippen LogP contribution in [0.15, 0.2) is 75.9 Å². The molecular formula is C26H25NO5. The minimum absolute atomic E-state index is 0.0967. The molecule has 164 valence electrons. The molecule has 0 saturated heterocycles. The zero-order valence-corrected chi connectivity index (χ0v) is 18.3. The van der Waals surface area contributed by atoms with Gasteiger partial charge >= 0.3 is 5.63 Å². The third kappa shape index (κ3) is 4.31. The molecule has 32 heavy (non-hydrogen) atoms. The Labute approximate surface area is 186 Å². The van der Waals surface area contributed by atoms with Gasteiger partial charge in [0.15, 0.2) is 11.5 Å². The maximum Gasteiger partial charge on any atom is 0.344 e. The van der Waals surface area contributed by atoms with Gasteiger partial charge in [-0.05, 0) is 48.5 Å². The van der Waals surface area contributed by atoms with E-state index in [1.807, 2.05) is 25.2 Å². The second-order valence-corrected chi connectivity index (χ2v) is 7.66. The molecule has 0 radical (unpaired) electrons. The molecule has 1 heterocycles. The molecular weight excluding hydrogens is 406 g/mol. The Bertz CT molecular complexity index is 1300. The lowest BCUT2D eigenvalue weighted by molar-refractivity contribution is 0.312. The van der Waals surface area contributed by atoms with Crippen molar-refractivity contribution >= 4 is 11.0 Å². The number of phenols is 1. The quantitative estimate of drug-likeness (QED) is 0.423. The molecule has 1 aromatic heterocycles. The summed E-state index contributed by atoms with van der Waals surface area (Å²) in [5.41, 5.74) is 2.71. The number of ether oxygens (including phenoxy) is 2. The highest BCUT2D eigenvalue weighted by atomic mass is 16.5. The first-order valence-corrected chi connectivity index (χ1v) is 10.2.